The number of hydrogen-bond donors (Lipinski definition) is 2. The fourth-order valence-electron chi connectivity index (χ4n) is 0.786. The summed E-state index contributed by atoms with van der Waals surface area (Å²) in [7, 11) is 0. The Morgan fingerprint density at radius 3 is 2.93 bits per heavy atom. The molecule has 0 radical (unpaired) electrons. The molecular formula is C9H8N2O4. The van der Waals surface area contributed by atoms with Gasteiger partial charge in [-0.05, 0) is 6.92 Å². The number of aromatic carboxylic acids is 1. The van der Waals surface area contributed by atoms with Gasteiger partial charge in [0.25, 0.3) is 5.91 Å². The summed E-state index contributed by atoms with van der Waals surface area (Å²) in [6.45, 7) is 1.83. The van der Waals surface area contributed by atoms with Crippen molar-refractivity contribution in [3.8, 4) is 11.8 Å². The molecule has 0 bridgehead atoms. The summed E-state index contributed by atoms with van der Waals surface area (Å²) in [5.74, 6) is 3.06. The van der Waals surface area contributed by atoms with E-state index in [9.17, 15) is 9.59 Å². The minimum atomic E-state index is -1.27. The quantitative estimate of drug-likeness (QED) is 0.688. The number of hydrogen-bond acceptors (Lipinski definition) is 4. The summed E-state index contributed by atoms with van der Waals surface area (Å²) in [6.07, 6.45) is 0. The van der Waals surface area contributed by atoms with Crippen molar-refractivity contribution in [1.82, 2.24) is 10.5 Å². The molecule has 0 saturated carbocycles. The van der Waals surface area contributed by atoms with Crippen LogP contribution in [0, 0.1) is 11.8 Å². The molecule has 0 aromatic carbocycles. The second-order valence-electron chi connectivity index (χ2n) is 2.49. The molecule has 78 valence electrons. The fourth-order valence-corrected chi connectivity index (χ4v) is 0.786. The van der Waals surface area contributed by atoms with E-state index in [1.54, 1.807) is 6.92 Å². The molecule has 0 fully saturated rings. The number of carboxylic acid groups (broad SMARTS) is 1. The van der Waals surface area contributed by atoms with Gasteiger partial charge in [0.1, 0.15) is 0 Å². The molecule has 1 aromatic rings. The fraction of sp³-hybridized carbons (Fsp3) is 0.222. The number of aromatic nitrogens is 1. The highest BCUT2D eigenvalue weighted by molar-refractivity contribution is 5.94. The molecule has 1 rings (SSSR count). The van der Waals surface area contributed by atoms with Gasteiger partial charge in [0.2, 0.25) is 5.76 Å². The zero-order valence-corrected chi connectivity index (χ0v) is 7.90. The van der Waals surface area contributed by atoms with Crippen LogP contribution in [0.1, 0.15) is 28.0 Å². The second-order valence-corrected chi connectivity index (χ2v) is 2.49. The summed E-state index contributed by atoms with van der Waals surface area (Å²) in [6, 6.07) is 1.05. The zero-order valence-electron chi connectivity index (χ0n) is 7.90. The Morgan fingerprint density at radius 1 is 1.67 bits per heavy atom. The first-order valence-electron chi connectivity index (χ1n) is 4.03. The molecule has 15 heavy (non-hydrogen) atoms. The Morgan fingerprint density at radius 2 is 2.40 bits per heavy atom. The maximum atomic E-state index is 11.3. The highest BCUT2D eigenvalue weighted by Gasteiger charge is 2.15. The third kappa shape index (κ3) is 2.84. The Hall–Kier alpha value is -2.29. The Labute approximate surface area is 85.3 Å². The van der Waals surface area contributed by atoms with E-state index in [1.807, 2.05) is 0 Å². The van der Waals surface area contributed by atoms with Gasteiger partial charge in [-0.25, -0.2) is 4.79 Å². The van der Waals surface area contributed by atoms with Gasteiger partial charge in [-0.3, -0.25) is 4.79 Å². The molecule has 0 spiro atoms. The van der Waals surface area contributed by atoms with Crippen LogP contribution in [0.2, 0.25) is 0 Å². The van der Waals surface area contributed by atoms with Crippen LogP contribution in [0.25, 0.3) is 0 Å². The topological polar surface area (TPSA) is 92.4 Å². The van der Waals surface area contributed by atoms with E-state index < -0.39 is 11.9 Å². The van der Waals surface area contributed by atoms with Crippen molar-refractivity contribution in [1.29, 1.82) is 0 Å². The largest absolute Gasteiger partial charge is 0.475 e. The average Bonchev–Trinajstić information content (AvgIpc) is 2.66. The van der Waals surface area contributed by atoms with Gasteiger partial charge in [-0.15, -0.1) is 5.92 Å². The van der Waals surface area contributed by atoms with Crippen molar-refractivity contribution in [2.24, 2.45) is 0 Å². The standard InChI is InChI=1S/C9H8N2O4/c1-2-3-4-10-8(12)6-5-7(9(13)14)15-11-6/h5H,4H2,1H3,(H,10,12)(H,13,14). The number of nitrogens with one attached hydrogen (secondary N) is 1. The van der Waals surface area contributed by atoms with Gasteiger partial charge < -0.3 is 14.9 Å². The summed E-state index contributed by atoms with van der Waals surface area (Å²) in [4.78, 5) is 21.7. The number of rotatable bonds is 3. The number of amides is 1. The molecule has 0 aliphatic rings. The van der Waals surface area contributed by atoms with Crippen LogP contribution in [0.3, 0.4) is 0 Å². The lowest BCUT2D eigenvalue weighted by Crippen LogP contribution is -2.23. The minimum Gasteiger partial charge on any atom is -0.475 e. The second kappa shape index (κ2) is 4.81. The summed E-state index contributed by atoms with van der Waals surface area (Å²) < 4.78 is 4.41. The molecule has 6 nitrogen and oxygen atoms in total. The first-order chi connectivity index (χ1) is 7.15. The molecule has 6 heteroatoms. The minimum absolute atomic E-state index is 0.0784. The van der Waals surface area contributed by atoms with Gasteiger partial charge >= 0.3 is 5.97 Å². The van der Waals surface area contributed by atoms with E-state index in [2.05, 4.69) is 26.8 Å². The highest BCUT2D eigenvalue weighted by atomic mass is 16.5. The molecule has 0 saturated heterocycles. The van der Waals surface area contributed by atoms with E-state index in [0.29, 0.717) is 0 Å². The van der Waals surface area contributed by atoms with Crippen LogP contribution in [-0.4, -0.2) is 28.7 Å². The maximum absolute atomic E-state index is 11.3. The lowest BCUT2D eigenvalue weighted by atomic mass is 10.3. The van der Waals surface area contributed by atoms with Gasteiger partial charge in [0, 0.05) is 6.07 Å². The van der Waals surface area contributed by atoms with Gasteiger partial charge in [0.15, 0.2) is 5.69 Å². The summed E-state index contributed by atoms with van der Waals surface area (Å²) >= 11 is 0. The third-order valence-electron chi connectivity index (χ3n) is 1.47. The number of carboxylic acids is 1. The lowest BCUT2D eigenvalue weighted by Gasteiger charge is -1.94. The van der Waals surface area contributed by atoms with Gasteiger partial charge in [0.05, 0.1) is 6.54 Å². The SMILES string of the molecule is CC#CCNC(=O)c1cc(C(=O)O)on1. The summed E-state index contributed by atoms with van der Waals surface area (Å²) in [5.41, 5.74) is -0.0784. The van der Waals surface area contributed by atoms with E-state index >= 15 is 0 Å². The lowest BCUT2D eigenvalue weighted by molar-refractivity contribution is 0.0651. The smallest absolute Gasteiger partial charge is 0.374 e. The molecule has 1 aromatic heterocycles. The van der Waals surface area contributed by atoms with Gasteiger partial charge in [-0.2, -0.15) is 0 Å². The molecular weight excluding hydrogens is 200 g/mol. The predicted molar refractivity (Wildman–Crippen MR) is 49.2 cm³/mol. The molecule has 1 amide bonds. The third-order valence-corrected chi connectivity index (χ3v) is 1.47. The average molecular weight is 208 g/mol. The zero-order chi connectivity index (χ0) is 11.3. The van der Waals surface area contributed by atoms with Crippen LogP contribution in [0.4, 0.5) is 0 Å². The number of carbonyl (C=O) groups is 2. The van der Waals surface area contributed by atoms with Crippen LogP contribution < -0.4 is 5.32 Å². The Kier molecular flexibility index (Phi) is 3.46. The Balaban J connectivity index is 2.64. The van der Waals surface area contributed by atoms with Crippen LogP contribution in [-0.2, 0) is 0 Å². The van der Waals surface area contributed by atoms with Crippen LogP contribution >= 0.6 is 0 Å². The highest BCUT2D eigenvalue weighted by Crippen LogP contribution is 2.02. The monoisotopic (exact) mass is 208 g/mol. The van der Waals surface area contributed by atoms with Crippen molar-refractivity contribution >= 4 is 11.9 Å². The van der Waals surface area contributed by atoms with Crippen LogP contribution in [0.15, 0.2) is 10.6 Å². The maximum Gasteiger partial charge on any atom is 0.374 e. The molecule has 1 heterocycles. The molecule has 0 atom stereocenters. The molecule has 0 aliphatic carbocycles. The first kappa shape index (κ1) is 10.8. The van der Waals surface area contributed by atoms with Crippen molar-refractivity contribution < 1.29 is 19.2 Å². The molecule has 2 N–H and O–H groups in total. The van der Waals surface area contributed by atoms with E-state index in [4.69, 9.17) is 5.11 Å². The van der Waals surface area contributed by atoms with E-state index in [1.165, 1.54) is 0 Å². The van der Waals surface area contributed by atoms with E-state index in [-0.39, 0.29) is 18.0 Å². The normalized spacial score (nSPS) is 8.87. The molecule has 0 aliphatic heterocycles. The number of carbonyl (C=O) groups excluding carboxylic acids is 1. The van der Waals surface area contributed by atoms with E-state index in [0.717, 1.165) is 6.07 Å². The Bertz CT molecular complexity index is 438. The van der Waals surface area contributed by atoms with Crippen molar-refractivity contribution in [3.05, 3.63) is 17.5 Å². The predicted octanol–water partition coefficient (Wildman–Crippen LogP) is 0.126. The van der Waals surface area contributed by atoms with Gasteiger partial charge in [-0.1, -0.05) is 11.1 Å². The van der Waals surface area contributed by atoms with Crippen molar-refractivity contribution in [2.45, 2.75) is 6.92 Å². The van der Waals surface area contributed by atoms with Crippen molar-refractivity contribution in [2.75, 3.05) is 6.54 Å². The summed E-state index contributed by atoms with van der Waals surface area (Å²) in [5, 5.41) is 14.2. The number of nitrogens with zero attached hydrogens (tertiary/aromatic N) is 1. The van der Waals surface area contributed by atoms with Crippen LogP contribution in [0.5, 0.6) is 0 Å². The first-order valence-corrected chi connectivity index (χ1v) is 4.03. The molecule has 0 unspecified atom stereocenters. The van der Waals surface area contributed by atoms with Crippen molar-refractivity contribution in [3.63, 3.8) is 0 Å².